The number of nitrogens with zero attached hydrogens (tertiary/aromatic N) is 2. The second-order valence-electron chi connectivity index (χ2n) is 3.66. The van der Waals surface area contributed by atoms with Crippen LogP contribution in [0.15, 0.2) is 10.9 Å². The van der Waals surface area contributed by atoms with Gasteiger partial charge in [-0.15, -0.1) is 0 Å². The number of aromatic nitrogens is 2. The molecule has 78 valence electrons. The van der Waals surface area contributed by atoms with Crippen molar-refractivity contribution >= 4 is 0 Å². The van der Waals surface area contributed by atoms with E-state index in [2.05, 4.69) is 20.0 Å². The Hall–Kier alpha value is -0.940. The quantitative estimate of drug-likeness (QED) is 0.717. The minimum absolute atomic E-state index is 0.180. The highest BCUT2D eigenvalue weighted by molar-refractivity contribution is 4.85. The van der Waals surface area contributed by atoms with Crippen LogP contribution in [0.25, 0.3) is 0 Å². The Balaban J connectivity index is 1.68. The van der Waals surface area contributed by atoms with Gasteiger partial charge in [-0.05, 0) is 19.3 Å². The fourth-order valence-corrected chi connectivity index (χ4v) is 1.85. The van der Waals surface area contributed by atoms with Gasteiger partial charge in [0.2, 0.25) is 6.39 Å². The molecular formula is C9H15N3O2. The summed E-state index contributed by atoms with van der Waals surface area (Å²) in [6.07, 6.45) is 4.99. The standard InChI is InChI=1S/C9H15N3O2/c13-8-3-1-2-7(8)10-5-4-9-11-6-14-12-9/h6-8,10,13H,1-5H2. The van der Waals surface area contributed by atoms with Crippen LogP contribution in [0.2, 0.25) is 0 Å². The van der Waals surface area contributed by atoms with Gasteiger partial charge in [0.25, 0.3) is 0 Å². The van der Waals surface area contributed by atoms with Crippen molar-refractivity contribution in [3.05, 3.63) is 12.2 Å². The van der Waals surface area contributed by atoms with E-state index in [0.717, 1.165) is 32.2 Å². The first kappa shape index (κ1) is 9.61. The predicted octanol–water partition coefficient (Wildman–Crippen LogP) is 0.115. The van der Waals surface area contributed by atoms with E-state index >= 15 is 0 Å². The maximum Gasteiger partial charge on any atom is 0.213 e. The molecule has 0 amide bonds. The fraction of sp³-hybridized carbons (Fsp3) is 0.778. The Morgan fingerprint density at radius 2 is 2.50 bits per heavy atom. The van der Waals surface area contributed by atoms with E-state index in [1.807, 2.05) is 0 Å². The summed E-state index contributed by atoms with van der Waals surface area (Å²) in [6, 6.07) is 0.252. The van der Waals surface area contributed by atoms with Crippen molar-refractivity contribution in [1.29, 1.82) is 0 Å². The molecule has 5 heteroatoms. The summed E-state index contributed by atoms with van der Waals surface area (Å²) in [5, 5.41) is 16.5. The Bertz CT molecular complexity index is 263. The smallest absolute Gasteiger partial charge is 0.213 e. The zero-order valence-electron chi connectivity index (χ0n) is 8.02. The van der Waals surface area contributed by atoms with Crippen molar-refractivity contribution in [3.8, 4) is 0 Å². The molecule has 2 unspecified atom stereocenters. The number of hydrogen-bond donors (Lipinski definition) is 2. The second-order valence-corrected chi connectivity index (χ2v) is 3.66. The first-order valence-electron chi connectivity index (χ1n) is 5.03. The van der Waals surface area contributed by atoms with Gasteiger partial charge >= 0.3 is 0 Å². The molecule has 1 aliphatic rings. The number of aliphatic hydroxyl groups is 1. The minimum Gasteiger partial charge on any atom is -0.392 e. The summed E-state index contributed by atoms with van der Waals surface area (Å²) in [6.45, 7) is 0.793. The van der Waals surface area contributed by atoms with Gasteiger partial charge in [-0.25, -0.2) is 0 Å². The highest BCUT2D eigenvalue weighted by atomic mass is 16.5. The van der Waals surface area contributed by atoms with Crippen molar-refractivity contribution in [2.24, 2.45) is 0 Å². The van der Waals surface area contributed by atoms with Gasteiger partial charge in [0.05, 0.1) is 6.10 Å². The van der Waals surface area contributed by atoms with Gasteiger partial charge in [0, 0.05) is 19.0 Å². The molecular weight excluding hydrogens is 182 g/mol. The van der Waals surface area contributed by atoms with Crippen molar-refractivity contribution in [2.45, 2.75) is 37.8 Å². The molecule has 1 aromatic heterocycles. The van der Waals surface area contributed by atoms with Crippen molar-refractivity contribution in [1.82, 2.24) is 15.5 Å². The average molecular weight is 197 g/mol. The molecule has 0 bridgehead atoms. The molecule has 5 nitrogen and oxygen atoms in total. The van der Waals surface area contributed by atoms with Crippen LogP contribution >= 0.6 is 0 Å². The summed E-state index contributed by atoms with van der Waals surface area (Å²) in [5.41, 5.74) is 0. The van der Waals surface area contributed by atoms with Gasteiger partial charge in [-0.1, -0.05) is 5.16 Å². The molecule has 0 saturated heterocycles. The van der Waals surface area contributed by atoms with Gasteiger partial charge in [-0.3, -0.25) is 0 Å². The normalized spacial score (nSPS) is 26.9. The molecule has 1 aromatic rings. The molecule has 14 heavy (non-hydrogen) atoms. The van der Waals surface area contributed by atoms with E-state index in [9.17, 15) is 5.11 Å². The molecule has 0 aromatic carbocycles. The van der Waals surface area contributed by atoms with Crippen molar-refractivity contribution < 1.29 is 9.63 Å². The van der Waals surface area contributed by atoms with Crippen LogP contribution < -0.4 is 5.32 Å². The van der Waals surface area contributed by atoms with Crippen molar-refractivity contribution in [2.75, 3.05) is 6.54 Å². The lowest BCUT2D eigenvalue weighted by Crippen LogP contribution is -2.36. The first-order valence-corrected chi connectivity index (χ1v) is 5.03. The van der Waals surface area contributed by atoms with E-state index in [0.29, 0.717) is 5.82 Å². The lowest BCUT2D eigenvalue weighted by molar-refractivity contribution is 0.149. The van der Waals surface area contributed by atoms with Crippen LogP contribution in [0.3, 0.4) is 0 Å². The Kier molecular flexibility index (Phi) is 3.10. The maximum absolute atomic E-state index is 9.53. The van der Waals surface area contributed by atoms with Crippen LogP contribution in [0.4, 0.5) is 0 Å². The topological polar surface area (TPSA) is 71.2 Å². The van der Waals surface area contributed by atoms with E-state index in [1.165, 1.54) is 6.39 Å². The van der Waals surface area contributed by atoms with Crippen LogP contribution in [-0.2, 0) is 6.42 Å². The molecule has 1 fully saturated rings. The molecule has 2 rings (SSSR count). The summed E-state index contributed by atoms with van der Waals surface area (Å²) in [4.78, 5) is 3.92. The SMILES string of the molecule is OC1CCCC1NCCc1ncon1. The molecule has 0 aliphatic heterocycles. The molecule has 2 N–H and O–H groups in total. The molecule has 1 saturated carbocycles. The number of aliphatic hydroxyl groups excluding tert-OH is 1. The second kappa shape index (κ2) is 4.52. The summed E-state index contributed by atoms with van der Waals surface area (Å²) in [5.74, 6) is 0.713. The van der Waals surface area contributed by atoms with Gasteiger partial charge in [0.15, 0.2) is 5.82 Å². The molecule has 1 heterocycles. The lowest BCUT2D eigenvalue weighted by atomic mass is 10.2. The monoisotopic (exact) mass is 197 g/mol. The van der Waals surface area contributed by atoms with E-state index in [1.54, 1.807) is 0 Å². The number of hydrogen-bond acceptors (Lipinski definition) is 5. The van der Waals surface area contributed by atoms with Gasteiger partial charge in [0.1, 0.15) is 0 Å². The highest BCUT2D eigenvalue weighted by Crippen LogP contribution is 2.18. The number of rotatable bonds is 4. The average Bonchev–Trinajstić information content (AvgIpc) is 2.78. The third-order valence-electron chi connectivity index (χ3n) is 2.64. The van der Waals surface area contributed by atoms with E-state index in [-0.39, 0.29) is 12.1 Å². The largest absolute Gasteiger partial charge is 0.392 e. The third-order valence-corrected chi connectivity index (χ3v) is 2.64. The fourth-order valence-electron chi connectivity index (χ4n) is 1.85. The van der Waals surface area contributed by atoms with Crippen LogP contribution in [0, 0.1) is 0 Å². The van der Waals surface area contributed by atoms with E-state index < -0.39 is 0 Å². The van der Waals surface area contributed by atoms with E-state index in [4.69, 9.17) is 0 Å². The number of nitrogens with one attached hydrogen (secondary N) is 1. The minimum atomic E-state index is -0.180. The Morgan fingerprint density at radius 1 is 1.57 bits per heavy atom. The maximum atomic E-state index is 9.53. The van der Waals surface area contributed by atoms with Gasteiger partial charge < -0.3 is 14.9 Å². The summed E-state index contributed by atoms with van der Waals surface area (Å²) in [7, 11) is 0. The Labute approximate surface area is 82.5 Å². The summed E-state index contributed by atoms with van der Waals surface area (Å²) < 4.78 is 4.62. The first-order chi connectivity index (χ1) is 6.86. The highest BCUT2D eigenvalue weighted by Gasteiger charge is 2.24. The summed E-state index contributed by atoms with van der Waals surface area (Å²) >= 11 is 0. The van der Waals surface area contributed by atoms with Crippen molar-refractivity contribution in [3.63, 3.8) is 0 Å². The zero-order chi connectivity index (χ0) is 9.80. The molecule has 1 aliphatic carbocycles. The molecule has 0 spiro atoms. The predicted molar refractivity (Wildman–Crippen MR) is 49.7 cm³/mol. The molecule has 2 atom stereocenters. The third kappa shape index (κ3) is 2.30. The van der Waals surface area contributed by atoms with Crippen LogP contribution in [0.1, 0.15) is 25.1 Å². The van der Waals surface area contributed by atoms with Crippen LogP contribution in [-0.4, -0.2) is 33.9 Å². The molecule has 0 radical (unpaired) electrons. The zero-order valence-corrected chi connectivity index (χ0v) is 8.02. The van der Waals surface area contributed by atoms with Gasteiger partial charge in [-0.2, -0.15) is 4.98 Å². The Morgan fingerprint density at radius 3 is 3.14 bits per heavy atom. The van der Waals surface area contributed by atoms with Crippen LogP contribution in [0.5, 0.6) is 0 Å². The lowest BCUT2D eigenvalue weighted by Gasteiger charge is -2.15.